The molecule has 0 aliphatic carbocycles. The minimum absolute atomic E-state index is 0.232. The highest BCUT2D eigenvalue weighted by Crippen LogP contribution is 2.33. The van der Waals surface area contributed by atoms with Crippen molar-refractivity contribution in [3.63, 3.8) is 0 Å². The number of fused-ring (bicyclic) bond motifs is 1. The van der Waals surface area contributed by atoms with Gasteiger partial charge >= 0.3 is 0 Å². The van der Waals surface area contributed by atoms with Gasteiger partial charge in [-0.15, -0.1) is 11.3 Å². The van der Waals surface area contributed by atoms with Gasteiger partial charge in [-0.25, -0.2) is 0 Å². The monoisotopic (exact) mass is 299 g/mol. The first-order valence-corrected chi connectivity index (χ1v) is 7.87. The van der Waals surface area contributed by atoms with Gasteiger partial charge in [-0.3, -0.25) is 9.69 Å². The second-order valence-electron chi connectivity index (χ2n) is 5.17. The van der Waals surface area contributed by atoms with Gasteiger partial charge < -0.3 is 10.6 Å². The highest BCUT2D eigenvalue weighted by Gasteiger charge is 2.37. The van der Waals surface area contributed by atoms with E-state index in [-0.39, 0.29) is 6.04 Å². The van der Waals surface area contributed by atoms with Crippen LogP contribution in [0.25, 0.3) is 0 Å². The van der Waals surface area contributed by atoms with E-state index in [1.54, 1.807) is 11.3 Å². The fourth-order valence-corrected chi connectivity index (χ4v) is 4.33. The van der Waals surface area contributed by atoms with Crippen LogP contribution in [0.5, 0.6) is 0 Å². The van der Waals surface area contributed by atoms with Crippen molar-refractivity contribution in [3.8, 4) is 0 Å². The number of rotatable bonds is 3. The van der Waals surface area contributed by atoms with Crippen LogP contribution in [0.2, 0.25) is 4.34 Å². The SMILES string of the molecule is NCC(c1ccc(Cl)s1)N1CCN2C(=O)CCC2C1. The van der Waals surface area contributed by atoms with E-state index in [1.165, 1.54) is 4.88 Å². The lowest BCUT2D eigenvalue weighted by Gasteiger charge is -2.41. The fourth-order valence-electron chi connectivity index (χ4n) is 3.12. The normalized spacial score (nSPS) is 25.7. The summed E-state index contributed by atoms with van der Waals surface area (Å²) < 4.78 is 0.808. The van der Waals surface area contributed by atoms with Crippen molar-refractivity contribution in [3.05, 3.63) is 21.3 Å². The predicted molar refractivity (Wildman–Crippen MR) is 77.4 cm³/mol. The number of nitrogens with two attached hydrogens (primary N) is 1. The third-order valence-corrected chi connectivity index (χ3v) is 5.44. The fraction of sp³-hybridized carbons (Fsp3) is 0.615. The number of hydrogen-bond acceptors (Lipinski definition) is 4. The maximum Gasteiger partial charge on any atom is 0.222 e. The van der Waals surface area contributed by atoms with Crippen molar-refractivity contribution in [2.75, 3.05) is 26.2 Å². The molecule has 6 heteroatoms. The summed E-state index contributed by atoms with van der Waals surface area (Å²) in [5.74, 6) is 0.313. The molecule has 4 nitrogen and oxygen atoms in total. The zero-order valence-corrected chi connectivity index (χ0v) is 12.3. The molecule has 2 unspecified atom stereocenters. The predicted octanol–water partition coefficient (Wildman–Crippen LogP) is 1.71. The summed E-state index contributed by atoms with van der Waals surface area (Å²) in [4.78, 5) is 17.4. The maximum absolute atomic E-state index is 11.7. The summed E-state index contributed by atoms with van der Waals surface area (Å²) in [6, 6.07) is 4.61. The molecule has 2 N–H and O–H groups in total. The van der Waals surface area contributed by atoms with Crippen LogP contribution >= 0.6 is 22.9 Å². The number of amides is 1. The molecular weight excluding hydrogens is 282 g/mol. The summed E-state index contributed by atoms with van der Waals surface area (Å²) >= 11 is 7.62. The minimum atomic E-state index is 0.232. The molecule has 2 aliphatic heterocycles. The molecule has 0 bridgehead atoms. The average molecular weight is 300 g/mol. The van der Waals surface area contributed by atoms with Crippen LogP contribution in [0, 0.1) is 0 Å². The Kier molecular flexibility index (Phi) is 3.80. The molecule has 2 saturated heterocycles. The molecule has 0 radical (unpaired) electrons. The third kappa shape index (κ3) is 2.52. The number of nitrogens with zero attached hydrogens (tertiary/aromatic N) is 2. The molecule has 19 heavy (non-hydrogen) atoms. The maximum atomic E-state index is 11.7. The van der Waals surface area contributed by atoms with E-state index in [2.05, 4.69) is 11.0 Å². The first-order valence-electron chi connectivity index (χ1n) is 6.68. The van der Waals surface area contributed by atoms with Gasteiger partial charge in [-0.1, -0.05) is 11.6 Å². The van der Waals surface area contributed by atoms with Gasteiger partial charge in [0.1, 0.15) is 0 Å². The van der Waals surface area contributed by atoms with E-state index >= 15 is 0 Å². The summed E-state index contributed by atoms with van der Waals surface area (Å²) in [5, 5.41) is 0. The Balaban J connectivity index is 1.73. The summed E-state index contributed by atoms with van der Waals surface area (Å²) in [7, 11) is 0. The van der Waals surface area contributed by atoms with E-state index in [0.717, 1.165) is 30.4 Å². The van der Waals surface area contributed by atoms with Crippen molar-refractivity contribution < 1.29 is 4.79 Å². The Morgan fingerprint density at radius 1 is 1.47 bits per heavy atom. The molecule has 1 aromatic heterocycles. The summed E-state index contributed by atoms with van der Waals surface area (Å²) in [6.07, 6.45) is 1.69. The number of halogens is 1. The van der Waals surface area contributed by atoms with Crippen molar-refractivity contribution in [2.45, 2.75) is 24.9 Å². The van der Waals surface area contributed by atoms with Crippen LogP contribution < -0.4 is 5.73 Å². The number of carbonyl (C=O) groups is 1. The van der Waals surface area contributed by atoms with Crippen molar-refractivity contribution >= 4 is 28.8 Å². The van der Waals surface area contributed by atoms with Crippen molar-refractivity contribution in [2.24, 2.45) is 5.73 Å². The molecule has 2 atom stereocenters. The lowest BCUT2D eigenvalue weighted by atomic mass is 10.1. The Labute approximate surface area is 122 Å². The van der Waals surface area contributed by atoms with E-state index in [9.17, 15) is 4.79 Å². The highest BCUT2D eigenvalue weighted by molar-refractivity contribution is 7.16. The van der Waals surface area contributed by atoms with Crippen LogP contribution in [0.15, 0.2) is 12.1 Å². The second-order valence-corrected chi connectivity index (χ2v) is 6.91. The summed E-state index contributed by atoms with van der Waals surface area (Å²) in [5.41, 5.74) is 5.95. The molecule has 0 saturated carbocycles. The second kappa shape index (κ2) is 5.40. The molecule has 2 aliphatic rings. The van der Waals surface area contributed by atoms with Gasteiger partial charge in [-0.2, -0.15) is 0 Å². The molecular formula is C13H18ClN3OS. The molecule has 104 valence electrons. The number of hydrogen-bond donors (Lipinski definition) is 1. The molecule has 3 rings (SSSR count). The number of piperazine rings is 1. The zero-order valence-electron chi connectivity index (χ0n) is 10.7. The summed E-state index contributed by atoms with van der Waals surface area (Å²) in [6.45, 7) is 3.26. The molecule has 3 heterocycles. The van der Waals surface area contributed by atoms with Gasteiger partial charge in [0, 0.05) is 43.5 Å². The van der Waals surface area contributed by atoms with Gasteiger partial charge in [0.2, 0.25) is 5.91 Å². The molecule has 2 fully saturated rings. The Hall–Kier alpha value is -0.620. The number of carbonyl (C=O) groups excluding carboxylic acids is 1. The van der Waals surface area contributed by atoms with E-state index in [4.69, 9.17) is 17.3 Å². The minimum Gasteiger partial charge on any atom is -0.337 e. The van der Waals surface area contributed by atoms with Crippen molar-refractivity contribution in [1.82, 2.24) is 9.80 Å². The molecule has 0 aromatic carbocycles. The van der Waals surface area contributed by atoms with Crippen LogP contribution in [-0.4, -0.2) is 47.9 Å². The Bertz CT molecular complexity index is 478. The van der Waals surface area contributed by atoms with Gasteiger partial charge in [-0.05, 0) is 18.6 Å². The topological polar surface area (TPSA) is 49.6 Å². The van der Waals surface area contributed by atoms with Gasteiger partial charge in [0.15, 0.2) is 0 Å². The highest BCUT2D eigenvalue weighted by atomic mass is 35.5. The smallest absolute Gasteiger partial charge is 0.222 e. The standard InChI is InChI=1S/C13H18ClN3OS/c14-12-3-2-11(19-12)10(7-15)16-5-6-17-9(8-16)1-4-13(17)18/h2-3,9-10H,1,4-8,15H2. The van der Waals surface area contributed by atoms with Crippen LogP contribution in [0.3, 0.4) is 0 Å². The van der Waals surface area contributed by atoms with E-state index in [0.29, 0.717) is 24.9 Å². The van der Waals surface area contributed by atoms with Gasteiger partial charge in [0.25, 0.3) is 0 Å². The van der Waals surface area contributed by atoms with Crippen LogP contribution in [-0.2, 0) is 4.79 Å². The molecule has 0 spiro atoms. The van der Waals surface area contributed by atoms with Crippen LogP contribution in [0.1, 0.15) is 23.8 Å². The zero-order chi connectivity index (χ0) is 13.4. The average Bonchev–Trinajstić information content (AvgIpc) is 2.98. The first-order chi connectivity index (χ1) is 9.19. The van der Waals surface area contributed by atoms with E-state index in [1.807, 2.05) is 11.0 Å². The van der Waals surface area contributed by atoms with Gasteiger partial charge in [0.05, 0.1) is 10.4 Å². The first kappa shape index (κ1) is 13.4. The third-order valence-electron chi connectivity index (χ3n) is 4.11. The lowest BCUT2D eigenvalue weighted by molar-refractivity contribution is -0.131. The Morgan fingerprint density at radius 3 is 3.00 bits per heavy atom. The molecule has 1 aromatic rings. The van der Waals surface area contributed by atoms with Crippen LogP contribution in [0.4, 0.5) is 0 Å². The largest absolute Gasteiger partial charge is 0.337 e. The van der Waals surface area contributed by atoms with Crippen molar-refractivity contribution in [1.29, 1.82) is 0 Å². The number of thiophene rings is 1. The lowest BCUT2D eigenvalue weighted by Crippen LogP contribution is -2.53. The quantitative estimate of drug-likeness (QED) is 0.924. The molecule has 1 amide bonds. The Morgan fingerprint density at radius 2 is 2.32 bits per heavy atom. The van der Waals surface area contributed by atoms with E-state index < -0.39 is 0 Å².